The lowest BCUT2D eigenvalue weighted by Gasteiger charge is -2.31. The minimum Gasteiger partial charge on any atom is -0.352 e. The van der Waals surface area contributed by atoms with Crippen molar-refractivity contribution in [2.45, 2.75) is 13.8 Å². The van der Waals surface area contributed by atoms with Crippen molar-refractivity contribution in [3.8, 4) is 0 Å². The van der Waals surface area contributed by atoms with Crippen molar-refractivity contribution in [3.63, 3.8) is 0 Å². The van der Waals surface area contributed by atoms with E-state index in [0.29, 0.717) is 13.2 Å². The van der Waals surface area contributed by atoms with Gasteiger partial charge in [-0.25, -0.2) is 8.87 Å². The topological polar surface area (TPSA) is 60.0 Å². The van der Waals surface area contributed by atoms with Crippen molar-refractivity contribution in [1.29, 1.82) is 0 Å². The van der Waals surface area contributed by atoms with Gasteiger partial charge in [-0.1, -0.05) is 18.2 Å². The molecule has 21 heavy (non-hydrogen) atoms. The van der Waals surface area contributed by atoms with Crippen LogP contribution in [-0.2, 0) is 25.0 Å². The van der Waals surface area contributed by atoms with Crippen LogP contribution in [0.25, 0.3) is 0 Å². The molecule has 0 bridgehead atoms. The molecular formula is C12H19N2O4PS2. The number of hydrogen-bond donors (Lipinski definition) is 1. The highest BCUT2D eigenvalue weighted by Crippen LogP contribution is 2.58. The third-order valence-corrected chi connectivity index (χ3v) is 6.87. The molecule has 1 N–H and O–H groups in total. The van der Waals surface area contributed by atoms with E-state index in [9.17, 15) is 4.79 Å². The van der Waals surface area contributed by atoms with E-state index < -0.39 is 12.7 Å². The smallest absolute Gasteiger partial charge is 0.352 e. The molecular weight excluding hydrogens is 331 g/mol. The second-order valence-electron chi connectivity index (χ2n) is 3.61. The fraction of sp³-hybridized carbons (Fsp3) is 0.417. The van der Waals surface area contributed by atoms with Crippen LogP contribution in [0.2, 0.25) is 0 Å². The Kier molecular flexibility index (Phi) is 8.06. The van der Waals surface area contributed by atoms with Crippen LogP contribution in [0, 0.1) is 0 Å². The van der Waals surface area contributed by atoms with Crippen molar-refractivity contribution < 1.29 is 18.0 Å². The number of benzene rings is 1. The van der Waals surface area contributed by atoms with Crippen molar-refractivity contribution in [2.24, 2.45) is 0 Å². The molecule has 1 rings (SSSR count). The SMILES string of the molecule is CCOP(=S)(OCC)N(SOC(=O)NC)c1ccccc1. The lowest BCUT2D eigenvalue weighted by atomic mass is 10.3. The Morgan fingerprint density at radius 2 is 1.86 bits per heavy atom. The first-order chi connectivity index (χ1) is 10.1. The zero-order valence-corrected chi connectivity index (χ0v) is 14.7. The highest BCUT2D eigenvalue weighted by atomic mass is 32.5. The molecule has 0 aliphatic rings. The van der Waals surface area contributed by atoms with Crippen LogP contribution in [0.4, 0.5) is 10.5 Å². The fourth-order valence-electron chi connectivity index (χ4n) is 1.36. The minimum absolute atomic E-state index is 0.404. The first-order valence-corrected chi connectivity index (χ1v) is 9.67. The first kappa shape index (κ1) is 18.3. The van der Waals surface area contributed by atoms with Gasteiger partial charge in [-0.3, -0.25) is 0 Å². The number of carbonyl (C=O) groups excluding carboxylic acids is 1. The molecule has 0 radical (unpaired) electrons. The molecule has 0 unspecified atom stereocenters. The second-order valence-corrected chi connectivity index (χ2v) is 7.80. The monoisotopic (exact) mass is 350 g/mol. The maximum Gasteiger partial charge on any atom is 0.420 e. The van der Waals surface area contributed by atoms with Crippen LogP contribution < -0.4 is 9.39 Å². The Morgan fingerprint density at radius 3 is 2.33 bits per heavy atom. The van der Waals surface area contributed by atoms with Crippen molar-refractivity contribution in [1.82, 2.24) is 5.32 Å². The molecule has 1 aromatic carbocycles. The molecule has 0 saturated heterocycles. The van der Waals surface area contributed by atoms with E-state index in [1.54, 1.807) is 4.08 Å². The lowest BCUT2D eigenvalue weighted by molar-refractivity contribution is 0.210. The Morgan fingerprint density at radius 1 is 1.29 bits per heavy atom. The van der Waals surface area contributed by atoms with Crippen LogP contribution >= 0.6 is 18.9 Å². The fourth-order valence-corrected chi connectivity index (χ4v) is 5.01. The van der Waals surface area contributed by atoms with Crippen LogP contribution in [0.1, 0.15) is 13.8 Å². The molecule has 0 aliphatic carbocycles. The molecule has 0 aromatic heterocycles. The summed E-state index contributed by atoms with van der Waals surface area (Å²) < 4.78 is 17.9. The molecule has 0 heterocycles. The van der Waals surface area contributed by atoms with Gasteiger partial charge in [0.05, 0.1) is 18.9 Å². The van der Waals surface area contributed by atoms with Gasteiger partial charge in [0.15, 0.2) is 12.2 Å². The summed E-state index contributed by atoms with van der Waals surface area (Å²) in [5, 5.41) is 2.38. The van der Waals surface area contributed by atoms with Crippen molar-refractivity contribution >= 4 is 42.5 Å². The number of rotatable bonds is 8. The van der Waals surface area contributed by atoms with Crippen LogP contribution in [-0.4, -0.2) is 26.4 Å². The molecule has 0 fully saturated rings. The Hall–Kier alpha value is -0.790. The zero-order valence-electron chi connectivity index (χ0n) is 12.1. The van der Waals surface area contributed by atoms with Crippen LogP contribution in [0.3, 0.4) is 0 Å². The average molecular weight is 350 g/mol. The number of nitrogens with one attached hydrogen (secondary N) is 1. The summed E-state index contributed by atoms with van der Waals surface area (Å²) in [7, 11) is 1.48. The summed E-state index contributed by atoms with van der Waals surface area (Å²) in [5.41, 5.74) is 0.747. The maximum atomic E-state index is 11.3. The van der Waals surface area contributed by atoms with Crippen molar-refractivity contribution in [2.75, 3.05) is 24.3 Å². The Bertz CT molecular complexity index is 479. The third kappa shape index (κ3) is 5.48. The zero-order chi connectivity index (χ0) is 15.7. The number of carbonyl (C=O) groups is 1. The van der Waals surface area contributed by atoms with Gasteiger partial charge in [-0.05, 0) is 37.8 Å². The van der Waals surface area contributed by atoms with E-state index in [4.69, 9.17) is 25.0 Å². The average Bonchev–Trinajstić information content (AvgIpc) is 2.48. The van der Waals surface area contributed by atoms with Crippen LogP contribution in [0.15, 0.2) is 30.3 Å². The molecule has 118 valence electrons. The molecule has 0 aliphatic heterocycles. The van der Waals surface area contributed by atoms with Gasteiger partial charge < -0.3 is 18.5 Å². The number of hydrogen-bond acceptors (Lipinski definition) is 6. The second kappa shape index (κ2) is 9.27. The molecule has 1 aromatic rings. The van der Waals surface area contributed by atoms with E-state index in [2.05, 4.69) is 5.32 Å². The molecule has 6 nitrogen and oxygen atoms in total. The minimum atomic E-state index is -2.79. The molecule has 0 saturated carbocycles. The van der Waals surface area contributed by atoms with Gasteiger partial charge in [-0.15, -0.1) is 0 Å². The summed E-state index contributed by atoms with van der Waals surface area (Å²) in [5.74, 6) is 0. The van der Waals surface area contributed by atoms with Gasteiger partial charge in [0, 0.05) is 7.05 Å². The van der Waals surface area contributed by atoms with Crippen LogP contribution in [0.5, 0.6) is 0 Å². The lowest BCUT2D eigenvalue weighted by Crippen LogP contribution is -2.21. The van der Waals surface area contributed by atoms with Crippen molar-refractivity contribution in [3.05, 3.63) is 30.3 Å². The van der Waals surface area contributed by atoms with E-state index >= 15 is 0 Å². The number of amides is 1. The summed E-state index contributed by atoms with van der Waals surface area (Å²) >= 11 is 6.36. The summed E-state index contributed by atoms with van der Waals surface area (Å²) in [6.45, 7) is 1.70. The first-order valence-electron chi connectivity index (χ1n) is 6.38. The molecule has 9 heteroatoms. The summed E-state index contributed by atoms with van der Waals surface area (Å²) in [4.78, 5) is 11.3. The molecule has 0 spiro atoms. The number of anilines is 1. The Balaban J connectivity index is 3.04. The molecule has 1 amide bonds. The number of para-hydroxylation sites is 1. The van der Waals surface area contributed by atoms with E-state index in [-0.39, 0.29) is 0 Å². The highest BCUT2D eigenvalue weighted by Gasteiger charge is 2.31. The van der Waals surface area contributed by atoms with Gasteiger partial charge in [0.2, 0.25) is 0 Å². The predicted octanol–water partition coefficient (Wildman–Crippen LogP) is 3.71. The van der Waals surface area contributed by atoms with E-state index in [1.807, 2.05) is 44.2 Å². The normalized spacial score (nSPS) is 11.0. The standard InChI is InChI=1S/C12H19N2O4PS2/c1-4-16-19(20,17-5-2)14(21-18-12(15)13-3)11-9-7-6-8-10-11/h6-10H,4-5H2,1-3H3,(H,13,15). The summed E-state index contributed by atoms with van der Waals surface area (Å²) in [6, 6.07) is 9.30. The largest absolute Gasteiger partial charge is 0.420 e. The van der Waals surface area contributed by atoms with Gasteiger partial charge in [0.25, 0.3) is 0 Å². The quantitative estimate of drug-likeness (QED) is 0.436. The van der Waals surface area contributed by atoms with Gasteiger partial charge in [-0.2, -0.15) is 0 Å². The van der Waals surface area contributed by atoms with Gasteiger partial charge in [0.1, 0.15) is 0 Å². The third-order valence-electron chi connectivity index (χ3n) is 2.17. The Labute approximate surface area is 134 Å². The predicted molar refractivity (Wildman–Crippen MR) is 89.6 cm³/mol. The van der Waals surface area contributed by atoms with E-state index in [0.717, 1.165) is 17.9 Å². The molecule has 0 atom stereocenters. The summed E-state index contributed by atoms with van der Waals surface area (Å²) in [6.07, 6.45) is -0.574. The number of nitrogens with zero attached hydrogens (tertiary/aromatic N) is 1. The highest BCUT2D eigenvalue weighted by molar-refractivity contribution is 8.18. The van der Waals surface area contributed by atoms with Gasteiger partial charge >= 0.3 is 12.7 Å². The van der Waals surface area contributed by atoms with E-state index in [1.165, 1.54) is 7.05 Å². The maximum absolute atomic E-state index is 11.3.